The van der Waals surface area contributed by atoms with Crippen LogP contribution in [-0.4, -0.2) is 83.3 Å². The minimum absolute atomic E-state index is 0.0626. The van der Waals surface area contributed by atoms with Crippen molar-refractivity contribution in [2.24, 2.45) is 5.73 Å². The van der Waals surface area contributed by atoms with Crippen molar-refractivity contribution in [1.29, 1.82) is 0 Å². The number of carbonyl (C=O) groups is 3. The molecular formula is C29H40Br2N6O5. The van der Waals surface area contributed by atoms with Gasteiger partial charge in [-0.15, -0.1) is 0 Å². The third kappa shape index (κ3) is 10.4. The molecule has 2 aromatic rings. The molecule has 2 atom stereocenters. The number of aromatic nitrogens is 1. The Balaban J connectivity index is 1.60. The van der Waals surface area contributed by atoms with E-state index in [1.54, 1.807) is 50.2 Å². The van der Waals surface area contributed by atoms with Crippen LogP contribution >= 0.6 is 31.9 Å². The summed E-state index contributed by atoms with van der Waals surface area (Å²) >= 11 is 6.60. The lowest BCUT2D eigenvalue weighted by Crippen LogP contribution is -2.57. The molecule has 0 radical (unpaired) electrons. The molecular weight excluding hydrogens is 672 g/mol. The SMILES string of the molecule is CC(C)(C)OC(=O)NCCCCC(NC(=O)C(N)Cc1cc(Br)c(O)c(Br)c1)C(=O)N1CCN(c2ccncc2)CC1. The molecule has 42 heavy (non-hydrogen) atoms. The molecule has 0 spiro atoms. The van der Waals surface area contributed by atoms with Gasteiger partial charge in [0.2, 0.25) is 11.8 Å². The highest BCUT2D eigenvalue weighted by Gasteiger charge is 2.30. The summed E-state index contributed by atoms with van der Waals surface area (Å²) in [6.07, 6.45) is 4.81. The molecule has 2 heterocycles. The summed E-state index contributed by atoms with van der Waals surface area (Å²) in [7, 11) is 0. The van der Waals surface area contributed by atoms with Crippen LogP contribution in [0.25, 0.3) is 0 Å². The summed E-state index contributed by atoms with van der Waals surface area (Å²) in [6.45, 7) is 8.16. The van der Waals surface area contributed by atoms with Gasteiger partial charge in [-0.25, -0.2) is 4.79 Å². The summed E-state index contributed by atoms with van der Waals surface area (Å²) in [6, 6.07) is 5.64. The molecule has 1 aliphatic heterocycles. The minimum atomic E-state index is -0.902. The van der Waals surface area contributed by atoms with E-state index in [1.165, 1.54) is 0 Å². The van der Waals surface area contributed by atoms with Crippen molar-refractivity contribution in [3.8, 4) is 5.75 Å². The number of piperazine rings is 1. The number of phenolic OH excluding ortho intramolecular Hbond substituents is 1. The predicted octanol–water partition coefficient (Wildman–Crippen LogP) is 3.71. The number of phenols is 1. The first kappa shape index (κ1) is 33.6. The molecule has 0 bridgehead atoms. The Labute approximate surface area is 263 Å². The van der Waals surface area contributed by atoms with E-state index in [1.807, 2.05) is 12.1 Å². The molecule has 1 aromatic heterocycles. The van der Waals surface area contributed by atoms with Crippen LogP contribution < -0.4 is 21.3 Å². The fourth-order valence-corrected chi connectivity index (χ4v) is 5.84. The number of nitrogens with zero attached hydrogens (tertiary/aromatic N) is 3. The van der Waals surface area contributed by atoms with Crippen LogP contribution in [0.15, 0.2) is 45.6 Å². The molecule has 3 amide bonds. The zero-order valence-corrected chi connectivity index (χ0v) is 27.4. The van der Waals surface area contributed by atoms with Crippen LogP contribution in [0.3, 0.4) is 0 Å². The summed E-state index contributed by atoms with van der Waals surface area (Å²) < 4.78 is 6.23. The number of carbonyl (C=O) groups excluding carboxylic acids is 3. The number of halogens is 2. The number of unbranched alkanes of at least 4 members (excludes halogenated alkanes) is 1. The van der Waals surface area contributed by atoms with Gasteiger partial charge in [-0.1, -0.05) is 0 Å². The van der Waals surface area contributed by atoms with Gasteiger partial charge in [0.25, 0.3) is 0 Å². The molecule has 0 aliphatic carbocycles. The van der Waals surface area contributed by atoms with E-state index in [2.05, 4.69) is 52.4 Å². The molecule has 3 rings (SSSR count). The van der Waals surface area contributed by atoms with Gasteiger partial charge < -0.3 is 36.0 Å². The molecule has 1 aromatic carbocycles. The van der Waals surface area contributed by atoms with Crippen molar-refractivity contribution >= 4 is 55.5 Å². The largest absolute Gasteiger partial charge is 0.506 e. The Hall–Kier alpha value is -2.90. The highest BCUT2D eigenvalue weighted by Crippen LogP contribution is 2.33. The maximum atomic E-state index is 13.6. The third-order valence-electron chi connectivity index (χ3n) is 6.69. The van der Waals surface area contributed by atoms with Crippen molar-refractivity contribution in [3.63, 3.8) is 0 Å². The molecule has 5 N–H and O–H groups in total. The number of ether oxygens (including phenoxy) is 1. The molecule has 1 aliphatic rings. The number of rotatable bonds is 11. The lowest BCUT2D eigenvalue weighted by molar-refractivity contribution is -0.137. The van der Waals surface area contributed by atoms with E-state index < -0.39 is 29.7 Å². The zero-order valence-electron chi connectivity index (χ0n) is 24.2. The monoisotopic (exact) mass is 710 g/mol. The third-order valence-corrected chi connectivity index (χ3v) is 7.90. The van der Waals surface area contributed by atoms with Crippen molar-refractivity contribution in [1.82, 2.24) is 20.5 Å². The first-order chi connectivity index (χ1) is 19.8. The predicted molar refractivity (Wildman–Crippen MR) is 168 cm³/mol. The average Bonchev–Trinajstić information content (AvgIpc) is 2.94. The average molecular weight is 712 g/mol. The first-order valence-electron chi connectivity index (χ1n) is 14.0. The molecule has 13 heteroatoms. The number of amides is 3. The van der Waals surface area contributed by atoms with Gasteiger partial charge >= 0.3 is 6.09 Å². The molecule has 0 saturated carbocycles. The maximum absolute atomic E-state index is 13.6. The van der Waals surface area contributed by atoms with Crippen LogP contribution in [0.1, 0.15) is 45.6 Å². The minimum Gasteiger partial charge on any atom is -0.506 e. The standard InChI is InChI=1S/C29H40Br2N6O5/c1-29(2,3)42-28(41)34-9-5-4-6-24(27(40)37-14-12-36(13-15-37)20-7-10-33-11-8-20)35-26(39)23(32)18-19-16-21(30)25(38)22(31)17-19/h7-8,10-11,16-17,23-24,38H,4-6,9,12-15,18,32H2,1-3H3,(H,34,41)(H,35,39). The van der Waals surface area contributed by atoms with E-state index in [9.17, 15) is 19.5 Å². The van der Waals surface area contributed by atoms with Gasteiger partial charge in [0.05, 0.1) is 15.0 Å². The number of benzene rings is 1. The van der Waals surface area contributed by atoms with Gasteiger partial charge in [-0.2, -0.15) is 0 Å². The number of hydrogen-bond donors (Lipinski definition) is 4. The number of pyridine rings is 1. The Morgan fingerprint density at radius 1 is 1.07 bits per heavy atom. The maximum Gasteiger partial charge on any atom is 0.407 e. The smallest absolute Gasteiger partial charge is 0.407 e. The van der Waals surface area contributed by atoms with Crippen LogP contribution in [0.5, 0.6) is 5.75 Å². The molecule has 230 valence electrons. The Bertz CT molecular complexity index is 1200. The molecule has 1 fully saturated rings. The molecule has 11 nitrogen and oxygen atoms in total. The Kier molecular flexibility index (Phi) is 12.4. The van der Waals surface area contributed by atoms with E-state index in [-0.39, 0.29) is 18.1 Å². The van der Waals surface area contributed by atoms with Crippen LogP contribution in [0.2, 0.25) is 0 Å². The van der Waals surface area contributed by atoms with Crippen LogP contribution in [0, 0.1) is 0 Å². The van der Waals surface area contributed by atoms with Crippen molar-refractivity contribution in [3.05, 3.63) is 51.2 Å². The van der Waals surface area contributed by atoms with Crippen molar-refractivity contribution in [2.45, 2.75) is 64.1 Å². The van der Waals surface area contributed by atoms with E-state index in [0.29, 0.717) is 60.9 Å². The number of anilines is 1. The summed E-state index contributed by atoms with van der Waals surface area (Å²) in [5.41, 5.74) is 7.47. The second kappa shape index (κ2) is 15.5. The fourth-order valence-electron chi connectivity index (χ4n) is 4.56. The second-order valence-corrected chi connectivity index (χ2v) is 12.9. The lowest BCUT2D eigenvalue weighted by Gasteiger charge is -2.37. The second-order valence-electron chi connectivity index (χ2n) is 11.2. The summed E-state index contributed by atoms with van der Waals surface area (Å²) in [4.78, 5) is 46.8. The normalized spacial score (nSPS) is 15.1. The number of alkyl carbamates (subject to hydrolysis) is 1. The Morgan fingerprint density at radius 3 is 2.29 bits per heavy atom. The molecule has 2 unspecified atom stereocenters. The summed E-state index contributed by atoms with van der Waals surface area (Å²) in [5, 5.41) is 15.6. The van der Waals surface area contributed by atoms with Gasteiger partial charge in [-0.3, -0.25) is 14.6 Å². The van der Waals surface area contributed by atoms with Crippen LogP contribution in [-0.2, 0) is 20.7 Å². The lowest BCUT2D eigenvalue weighted by atomic mass is 10.0. The first-order valence-corrected chi connectivity index (χ1v) is 15.6. The zero-order chi connectivity index (χ0) is 30.9. The topological polar surface area (TPSA) is 150 Å². The number of nitrogens with two attached hydrogens (primary N) is 1. The number of nitrogens with one attached hydrogen (secondary N) is 2. The fraction of sp³-hybridized carbons (Fsp3) is 0.517. The number of aromatic hydroxyl groups is 1. The van der Waals surface area contributed by atoms with Gasteiger partial charge in [0.15, 0.2) is 0 Å². The van der Waals surface area contributed by atoms with Gasteiger partial charge in [-0.05, 0) is 108 Å². The van der Waals surface area contributed by atoms with E-state index >= 15 is 0 Å². The van der Waals surface area contributed by atoms with Gasteiger partial charge in [0, 0.05) is 50.8 Å². The van der Waals surface area contributed by atoms with Gasteiger partial charge in [0.1, 0.15) is 17.4 Å². The van der Waals surface area contributed by atoms with Crippen LogP contribution in [0.4, 0.5) is 10.5 Å². The van der Waals surface area contributed by atoms with Crippen molar-refractivity contribution in [2.75, 3.05) is 37.6 Å². The quantitative estimate of drug-likeness (QED) is 0.258. The highest BCUT2D eigenvalue weighted by molar-refractivity contribution is 9.11. The number of hydrogen-bond acceptors (Lipinski definition) is 8. The van der Waals surface area contributed by atoms with E-state index in [4.69, 9.17) is 10.5 Å². The van der Waals surface area contributed by atoms with E-state index in [0.717, 1.165) is 11.3 Å². The molecule has 1 saturated heterocycles. The van der Waals surface area contributed by atoms with Crippen molar-refractivity contribution < 1.29 is 24.2 Å². The Morgan fingerprint density at radius 2 is 1.69 bits per heavy atom. The highest BCUT2D eigenvalue weighted by atomic mass is 79.9. The summed E-state index contributed by atoms with van der Waals surface area (Å²) in [5.74, 6) is -0.524.